The van der Waals surface area contributed by atoms with Crippen LogP contribution in [0.15, 0.2) is 18.3 Å². The lowest BCUT2D eigenvalue weighted by Gasteiger charge is -2.03. The molecule has 1 aromatic heterocycles. The molecular formula is C9H10N2O2. The van der Waals surface area contributed by atoms with Crippen LogP contribution in [0, 0.1) is 11.3 Å². The highest BCUT2D eigenvalue weighted by atomic mass is 16.5. The van der Waals surface area contributed by atoms with E-state index in [1.54, 1.807) is 29.8 Å². The summed E-state index contributed by atoms with van der Waals surface area (Å²) in [6, 6.07) is 5.31. The van der Waals surface area contributed by atoms with Crippen LogP contribution in [-0.4, -0.2) is 17.1 Å². The number of carbonyl (C=O) groups excluding carboxylic acids is 1. The molecular weight excluding hydrogens is 168 g/mol. The summed E-state index contributed by atoms with van der Waals surface area (Å²) < 4.78 is 6.36. The molecule has 1 rings (SSSR count). The third-order valence-corrected chi connectivity index (χ3v) is 1.56. The standard InChI is InChI=1S/C9H10N2O2/c1-2-13-9(12)8-4-3-6-11(8)7-5-10/h3-4,6H,2,7H2,1H3. The highest BCUT2D eigenvalue weighted by Gasteiger charge is 2.10. The summed E-state index contributed by atoms with van der Waals surface area (Å²) in [6.45, 7) is 2.26. The molecule has 0 unspecified atom stereocenters. The lowest BCUT2D eigenvalue weighted by molar-refractivity contribution is 0.0514. The Bertz CT molecular complexity index is 336. The third-order valence-electron chi connectivity index (χ3n) is 1.56. The highest BCUT2D eigenvalue weighted by molar-refractivity contribution is 5.87. The second-order valence-electron chi connectivity index (χ2n) is 2.40. The monoisotopic (exact) mass is 178 g/mol. The topological polar surface area (TPSA) is 55.0 Å². The van der Waals surface area contributed by atoms with Crippen LogP contribution in [0.25, 0.3) is 0 Å². The second-order valence-corrected chi connectivity index (χ2v) is 2.40. The zero-order valence-corrected chi connectivity index (χ0v) is 7.36. The zero-order chi connectivity index (χ0) is 9.68. The Hall–Kier alpha value is -1.76. The van der Waals surface area contributed by atoms with Crippen molar-refractivity contribution in [1.82, 2.24) is 4.57 Å². The van der Waals surface area contributed by atoms with Crippen LogP contribution in [0.4, 0.5) is 0 Å². The van der Waals surface area contributed by atoms with Gasteiger partial charge in [0.15, 0.2) is 0 Å². The normalized spacial score (nSPS) is 9.23. The van der Waals surface area contributed by atoms with Gasteiger partial charge in [-0.05, 0) is 19.1 Å². The van der Waals surface area contributed by atoms with Gasteiger partial charge in [0, 0.05) is 6.20 Å². The van der Waals surface area contributed by atoms with Crippen LogP contribution in [0.3, 0.4) is 0 Å². The Morgan fingerprint density at radius 3 is 3.15 bits per heavy atom. The molecule has 1 aromatic rings. The van der Waals surface area contributed by atoms with E-state index in [1.165, 1.54) is 0 Å². The Balaban J connectivity index is 2.82. The second kappa shape index (κ2) is 4.31. The van der Waals surface area contributed by atoms with Gasteiger partial charge in [0.2, 0.25) is 0 Å². The van der Waals surface area contributed by atoms with Crippen LogP contribution in [0.2, 0.25) is 0 Å². The zero-order valence-electron chi connectivity index (χ0n) is 7.36. The van der Waals surface area contributed by atoms with Crippen molar-refractivity contribution in [2.45, 2.75) is 13.5 Å². The molecule has 0 aliphatic carbocycles. The van der Waals surface area contributed by atoms with E-state index in [1.807, 2.05) is 6.07 Å². The molecule has 0 aliphatic heterocycles. The minimum absolute atomic E-state index is 0.168. The summed E-state index contributed by atoms with van der Waals surface area (Å²) in [5, 5.41) is 8.45. The minimum Gasteiger partial charge on any atom is -0.461 e. The predicted molar refractivity (Wildman–Crippen MR) is 46.0 cm³/mol. The molecule has 13 heavy (non-hydrogen) atoms. The average Bonchev–Trinajstić information content (AvgIpc) is 2.54. The first-order valence-electron chi connectivity index (χ1n) is 3.98. The fourth-order valence-electron chi connectivity index (χ4n) is 1.02. The summed E-state index contributed by atoms with van der Waals surface area (Å²) in [7, 11) is 0. The third kappa shape index (κ3) is 2.09. The van der Waals surface area contributed by atoms with Gasteiger partial charge in [-0.3, -0.25) is 0 Å². The first-order chi connectivity index (χ1) is 6.29. The summed E-state index contributed by atoms with van der Waals surface area (Å²) >= 11 is 0. The molecule has 4 nitrogen and oxygen atoms in total. The molecule has 0 N–H and O–H groups in total. The van der Waals surface area contributed by atoms with Crippen molar-refractivity contribution in [1.29, 1.82) is 5.26 Å². The summed E-state index contributed by atoms with van der Waals surface area (Å²) in [4.78, 5) is 11.2. The first kappa shape index (κ1) is 9.33. The van der Waals surface area contributed by atoms with E-state index in [-0.39, 0.29) is 12.5 Å². The van der Waals surface area contributed by atoms with Crippen molar-refractivity contribution in [3.8, 4) is 6.07 Å². The van der Waals surface area contributed by atoms with Crippen LogP contribution in [0.5, 0.6) is 0 Å². The molecule has 0 saturated carbocycles. The van der Waals surface area contributed by atoms with Crippen molar-refractivity contribution in [3.05, 3.63) is 24.0 Å². The molecule has 0 fully saturated rings. The van der Waals surface area contributed by atoms with E-state index >= 15 is 0 Å². The largest absolute Gasteiger partial charge is 0.461 e. The van der Waals surface area contributed by atoms with Gasteiger partial charge in [-0.2, -0.15) is 5.26 Å². The van der Waals surface area contributed by atoms with Crippen molar-refractivity contribution < 1.29 is 9.53 Å². The Kier molecular flexibility index (Phi) is 3.09. The van der Waals surface area contributed by atoms with Crippen molar-refractivity contribution in [2.75, 3.05) is 6.61 Å². The maximum atomic E-state index is 11.2. The van der Waals surface area contributed by atoms with E-state index in [9.17, 15) is 4.79 Å². The number of esters is 1. The number of carbonyl (C=O) groups is 1. The summed E-state index contributed by atoms with van der Waals surface area (Å²) in [5.74, 6) is -0.386. The molecule has 4 heteroatoms. The Morgan fingerprint density at radius 2 is 2.54 bits per heavy atom. The van der Waals surface area contributed by atoms with Gasteiger partial charge < -0.3 is 9.30 Å². The maximum absolute atomic E-state index is 11.2. The lowest BCUT2D eigenvalue weighted by Crippen LogP contribution is -2.11. The van der Waals surface area contributed by atoms with Gasteiger partial charge in [0.25, 0.3) is 0 Å². The van der Waals surface area contributed by atoms with Crippen LogP contribution >= 0.6 is 0 Å². The van der Waals surface area contributed by atoms with Gasteiger partial charge in [0.05, 0.1) is 12.7 Å². The number of nitrogens with zero attached hydrogens (tertiary/aromatic N) is 2. The minimum atomic E-state index is -0.386. The molecule has 0 atom stereocenters. The lowest BCUT2D eigenvalue weighted by atomic mass is 10.4. The van der Waals surface area contributed by atoms with Gasteiger partial charge >= 0.3 is 5.97 Å². The van der Waals surface area contributed by atoms with E-state index in [0.717, 1.165) is 0 Å². The molecule has 68 valence electrons. The number of hydrogen-bond donors (Lipinski definition) is 0. The smallest absolute Gasteiger partial charge is 0.354 e. The molecule has 0 bridgehead atoms. The number of ether oxygens (including phenoxy) is 1. The van der Waals surface area contributed by atoms with Gasteiger partial charge in [-0.1, -0.05) is 0 Å². The molecule has 0 amide bonds. The molecule has 0 aliphatic rings. The van der Waals surface area contributed by atoms with E-state index < -0.39 is 0 Å². The number of nitriles is 1. The average molecular weight is 178 g/mol. The van der Waals surface area contributed by atoms with Crippen molar-refractivity contribution in [2.24, 2.45) is 0 Å². The quantitative estimate of drug-likeness (QED) is 0.653. The number of rotatable bonds is 3. The van der Waals surface area contributed by atoms with Crippen LogP contribution < -0.4 is 0 Å². The number of aromatic nitrogens is 1. The van der Waals surface area contributed by atoms with Gasteiger partial charge in [-0.15, -0.1) is 0 Å². The molecule has 1 heterocycles. The number of hydrogen-bond acceptors (Lipinski definition) is 3. The van der Waals surface area contributed by atoms with Crippen molar-refractivity contribution >= 4 is 5.97 Å². The van der Waals surface area contributed by atoms with Crippen LogP contribution in [0.1, 0.15) is 17.4 Å². The highest BCUT2D eigenvalue weighted by Crippen LogP contribution is 2.03. The fraction of sp³-hybridized carbons (Fsp3) is 0.333. The van der Waals surface area contributed by atoms with Crippen molar-refractivity contribution in [3.63, 3.8) is 0 Å². The van der Waals surface area contributed by atoms with E-state index in [0.29, 0.717) is 12.3 Å². The molecule has 0 saturated heterocycles. The Labute approximate surface area is 76.3 Å². The summed E-state index contributed by atoms with van der Waals surface area (Å²) in [6.07, 6.45) is 1.68. The fourth-order valence-corrected chi connectivity index (χ4v) is 1.02. The molecule has 0 spiro atoms. The predicted octanol–water partition coefficient (Wildman–Crippen LogP) is 1.19. The SMILES string of the molecule is CCOC(=O)c1cccn1CC#N. The van der Waals surface area contributed by atoms with E-state index in [2.05, 4.69) is 0 Å². The molecule has 0 radical (unpaired) electrons. The Morgan fingerprint density at radius 1 is 1.77 bits per heavy atom. The molecule has 0 aromatic carbocycles. The van der Waals surface area contributed by atoms with Gasteiger partial charge in [-0.25, -0.2) is 4.79 Å². The van der Waals surface area contributed by atoms with Crippen LogP contribution in [-0.2, 0) is 11.3 Å². The van der Waals surface area contributed by atoms with E-state index in [4.69, 9.17) is 10.00 Å². The summed E-state index contributed by atoms with van der Waals surface area (Å²) in [5.41, 5.74) is 0.420. The first-order valence-corrected chi connectivity index (χ1v) is 3.98. The van der Waals surface area contributed by atoms with Gasteiger partial charge in [0.1, 0.15) is 12.2 Å². The maximum Gasteiger partial charge on any atom is 0.354 e.